The van der Waals surface area contributed by atoms with Gasteiger partial charge in [0.15, 0.2) is 5.78 Å². The van der Waals surface area contributed by atoms with Crippen molar-refractivity contribution in [2.75, 3.05) is 13.2 Å². The summed E-state index contributed by atoms with van der Waals surface area (Å²) in [6.45, 7) is 1.50. The normalized spacial score (nSPS) is 17.1. The highest BCUT2D eigenvalue weighted by molar-refractivity contribution is 6.43. The number of benzene rings is 1. The zero-order valence-electron chi connectivity index (χ0n) is 9.42. The monoisotopic (exact) mass is 272 g/mol. The third-order valence-electron chi connectivity index (χ3n) is 3.07. The standard InChI is InChI=1S/C13H14Cl2O2/c14-11-3-1-2-10(13(11)15)12(16)8-9-4-6-17-7-5-9/h1-3,9H,4-8H2. The van der Waals surface area contributed by atoms with E-state index in [4.69, 9.17) is 27.9 Å². The number of hydrogen-bond donors (Lipinski definition) is 0. The Morgan fingerprint density at radius 1 is 1.29 bits per heavy atom. The molecule has 4 heteroatoms. The van der Waals surface area contributed by atoms with Crippen molar-refractivity contribution in [3.63, 3.8) is 0 Å². The van der Waals surface area contributed by atoms with Crippen LogP contribution in [0.5, 0.6) is 0 Å². The van der Waals surface area contributed by atoms with Crippen molar-refractivity contribution >= 4 is 29.0 Å². The summed E-state index contributed by atoms with van der Waals surface area (Å²) in [5, 5.41) is 0.802. The number of carbonyl (C=O) groups excluding carboxylic acids is 1. The van der Waals surface area contributed by atoms with Crippen molar-refractivity contribution in [1.82, 2.24) is 0 Å². The Morgan fingerprint density at radius 3 is 2.71 bits per heavy atom. The van der Waals surface area contributed by atoms with E-state index in [1.54, 1.807) is 18.2 Å². The zero-order chi connectivity index (χ0) is 12.3. The van der Waals surface area contributed by atoms with Crippen LogP contribution in [-0.4, -0.2) is 19.0 Å². The van der Waals surface area contributed by atoms with Crippen LogP contribution in [0.1, 0.15) is 29.6 Å². The van der Waals surface area contributed by atoms with Crippen LogP contribution in [0.3, 0.4) is 0 Å². The molecule has 1 aliphatic heterocycles. The average molecular weight is 273 g/mol. The van der Waals surface area contributed by atoms with Gasteiger partial charge in [0.1, 0.15) is 0 Å². The molecule has 1 fully saturated rings. The van der Waals surface area contributed by atoms with Gasteiger partial charge in [-0.1, -0.05) is 29.3 Å². The van der Waals surface area contributed by atoms with Crippen molar-refractivity contribution in [3.05, 3.63) is 33.8 Å². The first-order chi connectivity index (χ1) is 8.18. The van der Waals surface area contributed by atoms with Gasteiger partial charge in [0.25, 0.3) is 0 Å². The Hall–Kier alpha value is -0.570. The fraction of sp³-hybridized carbons (Fsp3) is 0.462. The van der Waals surface area contributed by atoms with Gasteiger partial charge in [-0.25, -0.2) is 0 Å². The largest absolute Gasteiger partial charge is 0.381 e. The van der Waals surface area contributed by atoms with E-state index in [0.29, 0.717) is 27.9 Å². The number of ketones is 1. The van der Waals surface area contributed by atoms with Crippen LogP contribution in [0.2, 0.25) is 10.0 Å². The maximum absolute atomic E-state index is 12.1. The smallest absolute Gasteiger partial charge is 0.164 e. The Kier molecular flexibility index (Phi) is 4.43. The van der Waals surface area contributed by atoms with E-state index in [0.717, 1.165) is 26.1 Å². The lowest BCUT2D eigenvalue weighted by atomic mass is 9.92. The minimum atomic E-state index is 0.0735. The van der Waals surface area contributed by atoms with Crippen molar-refractivity contribution in [2.45, 2.75) is 19.3 Å². The summed E-state index contributed by atoms with van der Waals surface area (Å²) in [7, 11) is 0. The molecule has 0 saturated carbocycles. The van der Waals surface area contributed by atoms with Crippen LogP contribution in [0.15, 0.2) is 18.2 Å². The van der Waals surface area contributed by atoms with E-state index in [-0.39, 0.29) is 5.78 Å². The number of hydrogen-bond acceptors (Lipinski definition) is 2. The second-order valence-electron chi connectivity index (χ2n) is 4.28. The molecule has 0 aromatic heterocycles. The summed E-state index contributed by atoms with van der Waals surface area (Å²) in [4.78, 5) is 12.1. The molecule has 2 rings (SSSR count). The first-order valence-corrected chi connectivity index (χ1v) is 6.49. The number of rotatable bonds is 3. The molecule has 0 radical (unpaired) electrons. The van der Waals surface area contributed by atoms with Crippen LogP contribution in [0.25, 0.3) is 0 Å². The lowest BCUT2D eigenvalue weighted by Crippen LogP contribution is -2.18. The minimum Gasteiger partial charge on any atom is -0.381 e. The molecular formula is C13H14Cl2O2. The predicted molar refractivity (Wildman–Crippen MR) is 69.0 cm³/mol. The molecule has 0 amide bonds. The molecular weight excluding hydrogens is 259 g/mol. The van der Waals surface area contributed by atoms with Gasteiger partial charge in [0, 0.05) is 25.2 Å². The Morgan fingerprint density at radius 2 is 2.00 bits per heavy atom. The van der Waals surface area contributed by atoms with Gasteiger partial charge in [-0.2, -0.15) is 0 Å². The molecule has 0 N–H and O–H groups in total. The van der Waals surface area contributed by atoms with Crippen LogP contribution in [-0.2, 0) is 4.74 Å². The van der Waals surface area contributed by atoms with Crippen molar-refractivity contribution in [3.8, 4) is 0 Å². The van der Waals surface area contributed by atoms with Gasteiger partial charge in [-0.3, -0.25) is 4.79 Å². The summed E-state index contributed by atoms with van der Waals surface area (Å²) in [5.41, 5.74) is 0.533. The van der Waals surface area contributed by atoms with E-state index in [2.05, 4.69) is 0 Å². The maximum atomic E-state index is 12.1. The highest BCUT2D eigenvalue weighted by Gasteiger charge is 2.20. The molecule has 1 aliphatic rings. The Balaban J connectivity index is 2.06. The van der Waals surface area contributed by atoms with E-state index in [9.17, 15) is 4.79 Å². The first-order valence-electron chi connectivity index (χ1n) is 5.73. The second-order valence-corrected chi connectivity index (χ2v) is 5.07. The number of halogens is 2. The van der Waals surface area contributed by atoms with E-state index < -0.39 is 0 Å². The SMILES string of the molecule is O=C(CC1CCOCC1)c1cccc(Cl)c1Cl. The third-order valence-corrected chi connectivity index (χ3v) is 3.89. The summed E-state index contributed by atoms with van der Waals surface area (Å²) in [6.07, 6.45) is 2.43. The van der Waals surface area contributed by atoms with Gasteiger partial charge in [-0.15, -0.1) is 0 Å². The zero-order valence-corrected chi connectivity index (χ0v) is 10.9. The number of ether oxygens (including phenoxy) is 1. The molecule has 0 atom stereocenters. The molecule has 1 saturated heterocycles. The average Bonchev–Trinajstić information content (AvgIpc) is 2.34. The van der Waals surface area contributed by atoms with Crippen LogP contribution in [0.4, 0.5) is 0 Å². The summed E-state index contributed by atoms with van der Waals surface area (Å²) < 4.78 is 5.27. The van der Waals surface area contributed by atoms with Crippen molar-refractivity contribution in [1.29, 1.82) is 0 Å². The van der Waals surface area contributed by atoms with Gasteiger partial charge < -0.3 is 4.74 Å². The van der Waals surface area contributed by atoms with Gasteiger partial charge in [0.2, 0.25) is 0 Å². The number of carbonyl (C=O) groups is 1. The van der Waals surface area contributed by atoms with Crippen molar-refractivity contribution in [2.24, 2.45) is 5.92 Å². The highest BCUT2D eigenvalue weighted by atomic mass is 35.5. The van der Waals surface area contributed by atoms with E-state index in [1.807, 2.05) is 0 Å². The Bertz CT molecular complexity index is 412. The molecule has 0 spiro atoms. The molecule has 0 unspecified atom stereocenters. The molecule has 1 heterocycles. The molecule has 17 heavy (non-hydrogen) atoms. The summed E-state index contributed by atoms with van der Waals surface area (Å²) >= 11 is 11.9. The number of Topliss-reactive ketones (excluding diaryl/α,β-unsaturated/α-hetero) is 1. The third kappa shape index (κ3) is 3.21. The molecule has 0 aliphatic carbocycles. The fourth-order valence-electron chi connectivity index (χ4n) is 2.04. The van der Waals surface area contributed by atoms with Gasteiger partial charge in [-0.05, 0) is 30.9 Å². The summed E-state index contributed by atoms with van der Waals surface area (Å²) in [5.74, 6) is 0.482. The Labute approximate surface area is 111 Å². The molecule has 2 nitrogen and oxygen atoms in total. The van der Waals surface area contributed by atoms with E-state index in [1.165, 1.54) is 0 Å². The molecule has 1 aromatic carbocycles. The lowest BCUT2D eigenvalue weighted by molar-refractivity contribution is 0.0601. The minimum absolute atomic E-state index is 0.0735. The predicted octanol–water partition coefficient (Wildman–Crippen LogP) is 3.99. The quantitative estimate of drug-likeness (QED) is 0.778. The molecule has 0 bridgehead atoms. The molecule has 92 valence electrons. The topological polar surface area (TPSA) is 26.3 Å². The van der Waals surface area contributed by atoms with E-state index >= 15 is 0 Å². The van der Waals surface area contributed by atoms with Crippen LogP contribution < -0.4 is 0 Å². The second kappa shape index (κ2) is 5.85. The maximum Gasteiger partial charge on any atom is 0.164 e. The van der Waals surface area contributed by atoms with Gasteiger partial charge >= 0.3 is 0 Å². The highest BCUT2D eigenvalue weighted by Crippen LogP contribution is 2.28. The van der Waals surface area contributed by atoms with Crippen molar-refractivity contribution < 1.29 is 9.53 Å². The van der Waals surface area contributed by atoms with Crippen LogP contribution in [0, 0.1) is 5.92 Å². The molecule has 1 aromatic rings. The fourth-order valence-corrected chi connectivity index (χ4v) is 2.45. The lowest BCUT2D eigenvalue weighted by Gasteiger charge is -2.21. The van der Waals surface area contributed by atoms with Crippen LogP contribution >= 0.6 is 23.2 Å². The first kappa shape index (κ1) is 12.9. The summed E-state index contributed by atoms with van der Waals surface area (Å²) in [6, 6.07) is 5.18. The van der Waals surface area contributed by atoms with Gasteiger partial charge in [0.05, 0.1) is 10.0 Å².